The van der Waals surface area contributed by atoms with Crippen molar-refractivity contribution >= 4 is 57.0 Å². The number of phosphoric acid groups is 1. The second-order valence-electron chi connectivity index (χ2n) is 19.5. The second kappa shape index (κ2) is 38.6. The zero-order chi connectivity index (χ0) is 51.4. The van der Waals surface area contributed by atoms with Gasteiger partial charge in [-0.1, -0.05) is 190 Å². The summed E-state index contributed by atoms with van der Waals surface area (Å²) in [4.78, 5) is 13.5. The third kappa shape index (κ3) is 31.4. The van der Waals surface area contributed by atoms with Gasteiger partial charge in [0.25, 0.3) is 0 Å². The minimum atomic E-state index is -4.38. The summed E-state index contributed by atoms with van der Waals surface area (Å²) in [6.45, 7) is 24.3. The molecule has 1 fully saturated rings. The van der Waals surface area contributed by atoms with E-state index in [-0.39, 0.29) is 37.6 Å². The Labute approximate surface area is 435 Å². The third-order valence-electron chi connectivity index (χ3n) is 12.4. The van der Waals surface area contributed by atoms with Crippen LogP contribution in [0.1, 0.15) is 176 Å². The monoisotopic (exact) mass is 1070 g/mol. The normalized spacial score (nSPS) is 19.8. The number of hydrogen-bond acceptors (Lipinski definition) is 11. The molecule has 12 nitrogen and oxygen atoms in total. The summed E-state index contributed by atoms with van der Waals surface area (Å²) < 4.78 is 68.6. The quantitative estimate of drug-likeness (QED) is 0.0157. The van der Waals surface area contributed by atoms with Crippen molar-refractivity contribution in [3.63, 3.8) is 0 Å². The Hall–Kier alpha value is -0.933. The first-order valence-electron chi connectivity index (χ1n) is 26.1. The summed E-state index contributed by atoms with van der Waals surface area (Å²) >= 11 is 17.9. The fourth-order valence-electron chi connectivity index (χ4n) is 7.38. The molecule has 1 rings (SSSR count). The van der Waals surface area contributed by atoms with Crippen molar-refractivity contribution in [3.05, 3.63) is 49.8 Å². The Morgan fingerprint density at radius 1 is 0.783 bits per heavy atom. The summed E-state index contributed by atoms with van der Waals surface area (Å²) in [5.41, 5.74) is 0. The number of alkyl carbamates (subject to hydrolysis) is 1. The van der Waals surface area contributed by atoms with Gasteiger partial charge in [-0.05, 0) is 70.0 Å². The molecule has 0 aromatic heterocycles. The van der Waals surface area contributed by atoms with E-state index in [1.54, 1.807) is 13.0 Å². The molecule has 1 N–H and O–H groups in total. The largest absolute Gasteiger partial charge is 0.475 e. The van der Waals surface area contributed by atoms with Crippen LogP contribution in [0, 0.1) is 0 Å². The van der Waals surface area contributed by atoms with Crippen molar-refractivity contribution in [2.45, 2.75) is 235 Å². The molecule has 6 atom stereocenters. The first-order valence-corrected chi connectivity index (χ1v) is 31.6. The van der Waals surface area contributed by atoms with Gasteiger partial charge in [0.15, 0.2) is 8.32 Å². The molecular weight excluding hydrogens is 980 g/mol. The van der Waals surface area contributed by atoms with Crippen molar-refractivity contribution in [1.82, 2.24) is 5.32 Å². The van der Waals surface area contributed by atoms with Crippen molar-refractivity contribution in [2.75, 3.05) is 39.6 Å². The predicted octanol–water partition coefficient (Wildman–Crippen LogP) is 16.2. The van der Waals surface area contributed by atoms with Crippen LogP contribution < -0.4 is 5.32 Å². The zero-order valence-electron chi connectivity index (χ0n) is 44.0. The molecule has 0 bridgehead atoms. The SMILES string of the molecule is C=CCOP(=O)(OCC=C)O[C@H]1[C@H](OCC[C@@H](CCCCCCCCCCC)OCCCCCC/C=C\CCCCCC)[C@@H](NC(=O)OCC(Cl)(Cl)Cl)[C@H](OC=CC)O[C@@H]1CO[Si](C)(C)C(C)(C)C. The number of carbonyl (C=O) groups is 1. The molecule has 1 amide bonds. The molecule has 404 valence electrons. The maximum absolute atomic E-state index is 14.5. The van der Waals surface area contributed by atoms with E-state index >= 15 is 0 Å². The molecule has 1 aliphatic heterocycles. The number of amides is 1. The van der Waals surface area contributed by atoms with E-state index in [0.717, 1.165) is 44.9 Å². The van der Waals surface area contributed by atoms with Crippen LogP contribution in [0.4, 0.5) is 4.79 Å². The van der Waals surface area contributed by atoms with E-state index in [1.165, 1.54) is 102 Å². The highest BCUT2D eigenvalue weighted by Crippen LogP contribution is 2.53. The smallest absolute Gasteiger partial charge is 0.471 e. The van der Waals surface area contributed by atoms with Crippen molar-refractivity contribution < 1.29 is 51.0 Å². The number of halogens is 3. The summed E-state index contributed by atoms with van der Waals surface area (Å²) in [6, 6.07) is -1.13. The van der Waals surface area contributed by atoms with Crippen LogP contribution >= 0.6 is 42.6 Å². The van der Waals surface area contributed by atoms with Crippen LogP contribution in [-0.2, 0) is 46.2 Å². The van der Waals surface area contributed by atoms with Crippen molar-refractivity contribution in [1.29, 1.82) is 0 Å². The number of allylic oxidation sites excluding steroid dienone is 3. The van der Waals surface area contributed by atoms with Gasteiger partial charge in [0.2, 0.25) is 10.1 Å². The lowest BCUT2D eigenvalue weighted by atomic mass is 9.96. The number of ether oxygens (including phenoxy) is 5. The summed E-state index contributed by atoms with van der Waals surface area (Å²) in [5.74, 6) is 0. The average Bonchev–Trinajstić information content (AvgIpc) is 3.29. The molecule has 0 spiro atoms. The Morgan fingerprint density at radius 2 is 1.33 bits per heavy atom. The maximum atomic E-state index is 14.5. The van der Waals surface area contributed by atoms with E-state index in [0.29, 0.717) is 13.0 Å². The molecule has 17 heteroatoms. The Morgan fingerprint density at radius 3 is 1.88 bits per heavy atom. The van der Waals surface area contributed by atoms with Gasteiger partial charge in [0.1, 0.15) is 31.0 Å². The number of unbranched alkanes of at least 4 members (excludes halogenated alkanes) is 16. The van der Waals surface area contributed by atoms with E-state index in [9.17, 15) is 9.36 Å². The van der Waals surface area contributed by atoms with Gasteiger partial charge < -0.3 is 33.4 Å². The topological polar surface area (TPSA) is 129 Å². The molecule has 1 aliphatic rings. The maximum Gasteiger partial charge on any atom is 0.475 e. The first-order chi connectivity index (χ1) is 32.9. The van der Waals surface area contributed by atoms with Gasteiger partial charge in [0.05, 0.1) is 32.2 Å². The Kier molecular flexibility index (Phi) is 37.0. The molecule has 0 saturated carbocycles. The summed E-state index contributed by atoms with van der Waals surface area (Å²) in [6.07, 6.45) is 29.5. The molecule has 69 heavy (non-hydrogen) atoms. The molecule has 0 aliphatic carbocycles. The van der Waals surface area contributed by atoms with Gasteiger partial charge in [-0.2, -0.15) is 0 Å². The van der Waals surface area contributed by atoms with Crippen LogP contribution in [0.2, 0.25) is 18.1 Å². The Balaban J connectivity index is 3.51. The fraction of sp³-hybridized carbons (Fsp3) is 0.827. The number of hydrogen-bond donors (Lipinski definition) is 1. The summed E-state index contributed by atoms with van der Waals surface area (Å²) in [7, 11) is -6.78. The van der Waals surface area contributed by atoms with Crippen LogP contribution in [0.5, 0.6) is 0 Å². The summed E-state index contributed by atoms with van der Waals surface area (Å²) in [5, 5.41) is 2.65. The van der Waals surface area contributed by atoms with Gasteiger partial charge in [-0.3, -0.25) is 13.6 Å². The molecule has 0 unspecified atom stereocenters. The highest BCUT2D eigenvalue weighted by Gasteiger charge is 2.53. The highest BCUT2D eigenvalue weighted by molar-refractivity contribution is 7.48. The molecule has 1 saturated heterocycles. The lowest BCUT2D eigenvalue weighted by molar-refractivity contribution is -0.259. The van der Waals surface area contributed by atoms with Crippen molar-refractivity contribution in [3.8, 4) is 0 Å². The highest BCUT2D eigenvalue weighted by atomic mass is 35.6. The van der Waals surface area contributed by atoms with Crippen molar-refractivity contribution in [2.24, 2.45) is 0 Å². The predicted molar refractivity (Wildman–Crippen MR) is 288 cm³/mol. The van der Waals surface area contributed by atoms with Crippen LogP contribution in [0.3, 0.4) is 0 Å². The number of rotatable bonds is 42. The first kappa shape index (κ1) is 66.1. The zero-order valence-corrected chi connectivity index (χ0v) is 48.2. The molecular formula is C52H95Cl3NO11PSi. The van der Waals surface area contributed by atoms with Gasteiger partial charge in [-0.25, -0.2) is 9.36 Å². The minimum absolute atomic E-state index is 0.00371. The molecule has 0 aromatic rings. The van der Waals surface area contributed by atoms with Gasteiger partial charge >= 0.3 is 13.9 Å². The van der Waals surface area contributed by atoms with Gasteiger partial charge in [0, 0.05) is 13.2 Å². The van der Waals surface area contributed by atoms with Gasteiger partial charge in [-0.15, -0.1) is 13.2 Å². The van der Waals surface area contributed by atoms with E-state index < -0.39 is 63.3 Å². The standard InChI is InChI=1S/C52H95Cl3NO11PSi/c1-11-16-18-20-22-24-25-26-28-30-32-34-40-59-44(35-33-31-29-27-23-21-19-17-12-2)36-41-60-48-46(56-50(57)62-43-52(53,54)55)49(61-37-13-3)66-45(42-65-69(9,10)51(6,7)8)47(48)67-68(58,63-38-14-4)64-39-15-5/h13-15,24-25,37,44-49H,4-5,11-12,16-23,26-36,38-43H2,1-3,6-10H3,(H,56,57)/b25-24-,37-13?/t44-,45-,46-,47-,48-,49-/m1/s1. The molecule has 0 radical (unpaired) electrons. The Bertz CT molecular complexity index is 1430. The lowest BCUT2D eigenvalue weighted by Crippen LogP contribution is -2.66. The number of nitrogens with one attached hydrogen (secondary N) is 1. The van der Waals surface area contributed by atoms with E-state index in [4.69, 9.17) is 76.5 Å². The number of carbonyl (C=O) groups excluding carboxylic acids is 1. The van der Waals surface area contributed by atoms with Crippen LogP contribution in [-0.4, -0.2) is 94.6 Å². The number of phosphoric ester groups is 1. The molecule has 1 heterocycles. The van der Waals surface area contributed by atoms with Crippen LogP contribution in [0.25, 0.3) is 0 Å². The van der Waals surface area contributed by atoms with Crippen LogP contribution in [0.15, 0.2) is 49.8 Å². The third-order valence-corrected chi connectivity index (χ3v) is 18.7. The molecule has 0 aromatic carbocycles. The fourth-order valence-corrected chi connectivity index (χ4v) is 9.88. The van der Waals surface area contributed by atoms with E-state index in [1.807, 2.05) is 0 Å². The number of alkyl halides is 3. The lowest BCUT2D eigenvalue weighted by Gasteiger charge is -2.47. The average molecular weight is 1080 g/mol. The second-order valence-corrected chi connectivity index (χ2v) is 28.5. The minimum Gasteiger partial charge on any atom is -0.471 e. The van der Waals surface area contributed by atoms with E-state index in [2.05, 4.69) is 78.3 Å².